The van der Waals surface area contributed by atoms with Crippen molar-refractivity contribution in [2.24, 2.45) is 5.16 Å². The molecule has 0 atom stereocenters. The summed E-state index contributed by atoms with van der Waals surface area (Å²) in [6.45, 7) is 2.39. The summed E-state index contributed by atoms with van der Waals surface area (Å²) in [5.74, 6) is 0.532. The first-order valence-corrected chi connectivity index (χ1v) is 9.09. The van der Waals surface area contributed by atoms with Gasteiger partial charge in [0.15, 0.2) is 6.61 Å². The lowest BCUT2D eigenvalue weighted by Crippen LogP contribution is -2.17. The van der Waals surface area contributed by atoms with Gasteiger partial charge in [-0.25, -0.2) is 0 Å². The highest BCUT2D eigenvalue weighted by atomic mass is 16.6. The number of carbonyl (C=O) groups excluding carboxylic acids is 1. The van der Waals surface area contributed by atoms with Crippen LogP contribution in [0, 0.1) is 0 Å². The number of para-hydroxylation sites is 1. The zero-order chi connectivity index (χ0) is 19.6. The van der Waals surface area contributed by atoms with Crippen LogP contribution in [0.3, 0.4) is 0 Å². The van der Waals surface area contributed by atoms with E-state index in [9.17, 15) is 4.79 Å². The van der Waals surface area contributed by atoms with Crippen molar-refractivity contribution in [1.29, 1.82) is 0 Å². The zero-order valence-electron chi connectivity index (χ0n) is 15.7. The molecular formula is C23H22N2O3. The van der Waals surface area contributed by atoms with Gasteiger partial charge in [-0.05, 0) is 48.4 Å². The standard InChI is InChI=1S/C23H22N2O3/c1-2-27-20-14-12-18(13-15-20)16-24-28-17-23(26)25-22-11-7-6-10-21(22)19-8-4-3-5-9-19/h3-16H,2,17H2,1H3,(H,25,26)/b24-16-. The molecule has 0 saturated carbocycles. The fourth-order valence-electron chi connectivity index (χ4n) is 2.66. The topological polar surface area (TPSA) is 59.9 Å². The molecule has 0 aliphatic carbocycles. The van der Waals surface area contributed by atoms with Gasteiger partial charge in [-0.2, -0.15) is 0 Å². The van der Waals surface area contributed by atoms with Gasteiger partial charge in [0.1, 0.15) is 5.75 Å². The maximum Gasteiger partial charge on any atom is 0.265 e. The molecule has 0 bridgehead atoms. The minimum Gasteiger partial charge on any atom is -0.494 e. The van der Waals surface area contributed by atoms with Crippen LogP contribution in [0.5, 0.6) is 5.75 Å². The third-order valence-corrected chi connectivity index (χ3v) is 3.95. The molecule has 0 unspecified atom stereocenters. The summed E-state index contributed by atoms with van der Waals surface area (Å²) >= 11 is 0. The van der Waals surface area contributed by atoms with Crippen molar-refractivity contribution in [3.63, 3.8) is 0 Å². The monoisotopic (exact) mass is 374 g/mol. The van der Waals surface area contributed by atoms with Crippen molar-refractivity contribution in [1.82, 2.24) is 0 Å². The van der Waals surface area contributed by atoms with Gasteiger partial charge in [-0.15, -0.1) is 0 Å². The fourth-order valence-corrected chi connectivity index (χ4v) is 2.66. The van der Waals surface area contributed by atoms with Crippen molar-refractivity contribution in [3.05, 3.63) is 84.4 Å². The highest BCUT2D eigenvalue weighted by molar-refractivity contribution is 5.96. The van der Waals surface area contributed by atoms with Crippen LogP contribution in [0.2, 0.25) is 0 Å². The van der Waals surface area contributed by atoms with Crippen molar-refractivity contribution >= 4 is 17.8 Å². The first-order valence-electron chi connectivity index (χ1n) is 9.09. The lowest BCUT2D eigenvalue weighted by atomic mass is 10.0. The number of nitrogens with zero attached hydrogens (tertiary/aromatic N) is 1. The number of benzene rings is 3. The van der Waals surface area contributed by atoms with Crippen molar-refractivity contribution < 1.29 is 14.4 Å². The Kier molecular flexibility index (Phi) is 6.79. The van der Waals surface area contributed by atoms with Crippen LogP contribution in [-0.2, 0) is 9.63 Å². The maximum absolute atomic E-state index is 12.2. The summed E-state index contributed by atoms with van der Waals surface area (Å²) in [5.41, 5.74) is 3.58. The van der Waals surface area contributed by atoms with Crippen LogP contribution in [0.25, 0.3) is 11.1 Å². The Morgan fingerprint density at radius 2 is 1.68 bits per heavy atom. The lowest BCUT2D eigenvalue weighted by molar-refractivity contribution is -0.120. The molecule has 3 aromatic rings. The SMILES string of the molecule is CCOc1ccc(/C=N\OCC(=O)Nc2ccccc2-c2ccccc2)cc1. The predicted octanol–water partition coefficient (Wildman–Crippen LogP) is 4.74. The molecule has 5 nitrogen and oxygen atoms in total. The Balaban J connectivity index is 1.54. The van der Waals surface area contributed by atoms with Gasteiger partial charge in [0.2, 0.25) is 0 Å². The summed E-state index contributed by atoms with van der Waals surface area (Å²) in [7, 11) is 0. The van der Waals surface area contributed by atoms with Crippen LogP contribution >= 0.6 is 0 Å². The van der Waals surface area contributed by atoms with E-state index in [1.54, 1.807) is 6.21 Å². The number of amides is 1. The Morgan fingerprint density at radius 1 is 0.964 bits per heavy atom. The first kappa shape index (κ1) is 19.2. The maximum atomic E-state index is 12.2. The van der Waals surface area contributed by atoms with Crippen molar-refractivity contribution in [2.45, 2.75) is 6.92 Å². The zero-order valence-corrected chi connectivity index (χ0v) is 15.7. The van der Waals surface area contributed by atoms with E-state index in [-0.39, 0.29) is 12.5 Å². The average Bonchev–Trinajstić information content (AvgIpc) is 2.74. The second-order valence-electron chi connectivity index (χ2n) is 5.97. The Labute approximate surface area is 164 Å². The van der Waals surface area contributed by atoms with E-state index in [1.165, 1.54) is 0 Å². The molecule has 0 radical (unpaired) electrons. The third-order valence-electron chi connectivity index (χ3n) is 3.95. The molecule has 0 aromatic heterocycles. The van der Waals surface area contributed by atoms with Crippen LogP contribution in [0.4, 0.5) is 5.69 Å². The summed E-state index contributed by atoms with van der Waals surface area (Å²) in [6, 6.07) is 25.0. The number of hydrogen-bond donors (Lipinski definition) is 1. The molecule has 0 heterocycles. The van der Waals surface area contributed by atoms with Gasteiger partial charge in [0, 0.05) is 11.3 Å². The summed E-state index contributed by atoms with van der Waals surface area (Å²) < 4.78 is 5.39. The molecule has 3 rings (SSSR count). The van der Waals surface area contributed by atoms with Gasteiger partial charge >= 0.3 is 0 Å². The molecule has 0 fully saturated rings. The number of carbonyl (C=O) groups is 1. The van der Waals surface area contributed by atoms with Gasteiger partial charge in [0.25, 0.3) is 5.91 Å². The van der Waals surface area contributed by atoms with Gasteiger partial charge < -0.3 is 14.9 Å². The van der Waals surface area contributed by atoms with Crippen LogP contribution in [0.1, 0.15) is 12.5 Å². The van der Waals surface area contributed by atoms with E-state index < -0.39 is 0 Å². The predicted molar refractivity (Wildman–Crippen MR) is 112 cm³/mol. The Morgan fingerprint density at radius 3 is 2.43 bits per heavy atom. The van der Waals surface area contributed by atoms with E-state index in [4.69, 9.17) is 9.57 Å². The van der Waals surface area contributed by atoms with Crippen molar-refractivity contribution in [2.75, 3.05) is 18.5 Å². The van der Waals surface area contributed by atoms with E-state index in [0.29, 0.717) is 6.61 Å². The number of rotatable bonds is 8. The summed E-state index contributed by atoms with van der Waals surface area (Å²) in [6.07, 6.45) is 1.56. The van der Waals surface area contributed by atoms with Crippen molar-refractivity contribution in [3.8, 4) is 16.9 Å². The smallest absolute Gasteiger partial charge is 0.265 e. The molecular weight excluding hydrogens is 352 g/mol. The molecule has 5 heteroatoms. The van der Waals surface area contributed by atoms with E-state index in [2.05, 4.69) is 10.5 Å². The number of ether oxygens (including phenoxy) is 1. The second-order valence-corrected chi connectivity index (χ2v) is 5.97. The third kappa shape index (κ3) is 5.45. The van der Waals surface area contributed by atoms with Crippen LogP contribution < -0.4 is 10.1 Å². The van der Waals surface area contributed by atoms with Gasteiger partial charge in [-0.3, -0.25) is 4.79 Å². The largest absolute Gasteiger partial charge is 0.494 e. The van der Waals surface area contributed by atoms with E-state index in [0.717, 1.165) is 28.1 Å². The Hall–Kier alpha value is -3.60. The molecule has 0 aliphatic rings. The summed E-state index contributed by atoms with van der Waals surface area (Å²) in [4.78, 5) is 17.3. The average molecular weight is 374 g/mol. The minimum atomic E-state index is -0.271. The quantitative estimate of drug-likeness (QED) is 0.458. The Bertz CT molecular complexity index is 922. The highest BCUT2D eigenvalue weighted by Crippen LogP contribution is 2.27. The van der Waals surface area contributed by atoms with Crippen LogP contribution in [-0.4, -0.2) is 25.3 Å². The number of oxime groups is 1. The van der Waals surface area contributed by atoms with Gasteiger partial charge in [-0.1, -0.05) is 53.7 Å². The summed E-state index contributed by atoms with van der Waals surface area (Å²) in [5, 5.41) is 6.73. The number of hydrogen-bond acceptors (Lipinski definition) is 4. The fraction of sp³-hybridized carbons (Fsp3) is 0.130. The van der Waals surface area contributed by atoms with Crippen LogP contribution in [0.15, 0.2) is 84.0 Å². The molecule has 28 heavy (non-hydrogen) atoms. The number of nitrogens with one attached hydrogen (secondary N) is 1. The molecule has 0 spiro atoms. The minimum absolute atomic E-state index is 0.170. The lowest BCUT2D eigenvalue weighted by Gasteiger charge is -2.10. The molecule has 1 N–H and O–H groups in total. The highest BCUT2D eigenvalue weighted by Gasteiger charge is 2.08. The molecule has 0 aliphatic heterocycles. The van der Waals surface area contributed by atoms with Gasteiger partial charge in [0.05, 0.1) is 12.8 Å². The van der Waals surface area contributed by atoms with E-state index >= 15 is 0 Å². The number of anilines is 1. The first-order chi connectivity index (χ1) is 13.8. The molecule has 0 saturated heterocycles. The van der Waals surface area contributed by atoms with E-state index in [1.807, 2.05) is 85.8 Å². The molecule has 1 amide bonds. The molecule has 142 valence electrons. The normalized spacial score (nSPS) is 10.6. The molecule has 3 aromatic carbocycles. The second kappa shape index (κ2) is 9.92.